The summed E-state index contributed by atoms with van der Waals surface area (Å²) in [4.78, 5) is 12.4. The Morgan fingerprint density at radius 3 is 2.57 bits per heavy atom. The van der Waals surface area contributed by atoms with Crippen LogP contribution in [-0.2, 0) is 14.3 Å². The van der Waals surface area contributed by atoms with E-state index in [1.807, 2.05) is 0 Å². The molecule has 0 bridgehead atoms. The smallest absolute Gasteiger partial charge is 0.157 e. The zero-order chi connectivity index (χ0) is 19.5. The van der Waals surface area contributed by atoms with Gasteiger partial charge in [-0.2, -0.15) is 0 Å². The summed E-state index contributed by atoms with van der Waals surface area (Å²) in [6.07, 6.45) is 13.8. The zero-order valence-electron chi connectivity index (χ0n) is 18.3. The molecule has 0 aromatic carbocycles. The topological polar surface area (TPSA) is 35.5 Å². The van der Waals surface area contributed by atoms with Crippen LogP contribution in [0.4, 0.5) is 0 Å². The number of hydrogen-bond acceptors (Lipinski definition) is 3. The highest BCUT2D eigenvalue weighted by molar-refractivity contribution is 5.82. The van der Waals surface area contributed by atoms with Crippen molar-refractivity contribution in [3.05, 3.63) is 0 Å². The highest BCUT2D eigenvalue weighted by atomic mass is 16.7. The first-order valence-corrected chi connectivity index (χ1v) is 12.2. The van der Waals surface area contributed by atoms with Gasteiger partial charge in [0, 0.05) is 18.9 Å². The van der Waals surface area contributed by atoms with Crippen LogP contribution in [0, 0.1) is 40.4 Å². The third-order valence-corrected chi connectivity index (χ3v) is 10.2. The van der Waals surface area contributed by atoms with Gasteiger partial charge < -0.3 is 9.47 Å². The molecule has 1 heterocycles. The number of ether oxygens (including phenoxy) is 2. The van der Waals surface area contributed by atoms with Gasteiger partial charge >= 0.3 is 0 Å². The molecule has 1 saturated heterocycles. The summed E-state index contributed by atoms with van der Waals surface area (Å²) < 4.78 is 12.5. The lowest BCUT2D eigenvalue weighted by atomic mass is 9.44. The van der Waals surface area contributed by atoms with Crippen LogP contribution < -0.4 is 0 Å². The maximum atomic E-state index is 12.4. The first kappa shape index (κ1) is 19.5. The van der Waals surface area contributed by atoms with Gasteiger partial charge in [0.2, 0.25) is 0 Å². The zero-order valence-corrected chi connectivity index (χ0v) is 18.3. The predicted octanol–water partition coefficient (Wildman–Crippen LogP) is 5.76. The average molecular weight is 389 g/mol. The highest BCUT2D eigenvalue weighted by Gasteiger charge is 2.61. The van der Waals surface area contributed by atoms with Gasteiger partial charge in [-0.3, -0.25) is 4.79 Å². The summed E-state index contributed by atoms with van der Waals surface area (Å²) in [5.74, 6) is 3.93. The molecule has 0 spiro atoms. The van der Waals surface area contributed by atoms with Crippen molar-refractivity contribution in [2.75, 3.05) is 6.61 Å². The molecule has 5 fully saturated rings. The number of ketones is 1. The Morgan fingerprint density at radius 2 is 1.79 bits per heavy atom. The molecule has 3 nitrogen and oxygen atoms in total. The molecule has 9 unspecified atom stereocenters. The Labute approximate surface area is 171 Å². The van der Waals surface area contributed by atoms with Crippen molar-refractivity contribution in [1.29, 1.82) is 0 Å². The molecule has 0 radical (unpaired) electrons. The second kappa shape index (κ2) is 7.08. The van der Waals surface area contributed by atoms with Gasteiger partial charge in [-0.05, 0) is 98.7 Å². The molecule has 5 aliphatic rings. The fourth-order valence-corrected chi connectivity index (χ4v) is 8.58. The highest BCUT2D eigenvalue weighted by Crippen LogP contribution is 2.66. The van der Waals surface area contributed by atoms with Crippen molar-refractivity contribution in [2.24, 2.45) is 40.4 Å². The molecule has 1 aliphatic heterocycles. The molecule has 4 aliphatic carbocycles. The summed E-state index contributed by atoms with van der Waals surface area (Å²) in [7, 11) is 0. The normalized spacial score (nSPS) is 54.0. The van der Waals surface area contributed by atoms with E-state index in [9.17, 15) is 4.79 Å². The van der Waals surface area contributed by atoms with E-state index < -0.39 is 0 Å². The van der Waals surface area contributed by atoms with E-state index in [0.717, 1.165) is 43.6 Å². The fraction of sp³-hybridized carbons (Fsp3) is 0.960. The summed E-state index contributed by atoms with van der Waals surface area (Å²) in [6.45, 7) is 8.15. The first-order valence-electron chi connectivity index (χ1n) is 12.2. The maximum Gasteiger partial charge on any atom is 0.157 e. The fourth-order valence-electron chi connectivity index (χ4n) is 8.58. The summed E-state index contributed by atoms with van der Waals surface area (Å²) in [6, 6.07) is 0. The number of rotatable bonds is 2. The molecule has 158 valence electrons. The molecule has 0 N–H and O–H groups in total. The van der Waals surface area contributed by atoms with Gasteiger partial charge in [-0.1, -0.05) is 20.8 Å². The molecule has 4 saturated carbocycles. The van der Waals surface area contributed by atoms with E-state index in [1.165, 1.54) is 51.4 Å². The second-order valence-electron chi connectivity index (χ2n) is 11.5. The van der Waals surface area contributed by atoms with Crippen LogP contribution in [0.1, 0.15) is 91.4 Å². The third-order valence-electron chi connectivity index (χ3n) is 10.2. The van der Waals surface area contributed by atoms with Gasteiger partial charge in [-0.25, -0.2) is 0 Å². The molecule has 0 amide bonds. The predicted molar refractivity (Wildman–Crippen MR) is 110 cm³/mol. The molecule has 9 atom stereocenters. The van der Waals surface area contributed by atoms with Crippen LogP contribution in [-0.4, -0.2) is 24.8 Å². The standard InChI is InChI=1S/C25H40O3/c1-16-15-25(3)17(14-21(16)26)7-8-18-19-9-10-22(24(19,2)12-11-20(18)25)28-23-6-4-5-13-27-23/h16-20,22-23H,4-15H2,1-3H3. The third kappa shape index (κ3) is 2.94. The number of carbonyl (C=O) groups excluding carboxylic acids is 1. The monoisotopic (exact) mass is 388 g/mol. The SMILES string of the molecule is CC1CC2(C)C(CCC3C2CCC2(C)C(OC4CCCCO4)CCC32)CC1=O. The number of carbonyl (C=O) groups is 1. The van der Waals surface area contributed by atoms with Gasteiger partial charge in [0.05, 0.1) is 6.10 Å². The van der Waals surface area contributed by atoms with Crippen molar-refractivity contribution in [3.63, 3.8) is 0 Å². The lowest BCUT2D eigenvalue weighted by molar-refractivity contribution is -0.218. The van der Waals surface area contributed by atoms with Crippen LogP contribution in [0.25, 0.3) is 0 Å². The number of fused-ring (bicyclic) bond motifs is 5. The van der Waals surface area contributed by atoms with E-state index >= 15 is 0 Å². The van der Waals surface area contributed by atoms with Gasteiger partial charge in [-0.15, -0.1) is 0 Å². The van der Waals surface area contributed by atoms with Crippen molar-refractivity contribution in [2.45, 2.75) is 104 Å². The minimum absolute atomic E-state index is 0.0468. The molecular formula is C25H40O3. The molecule has 28 heavy (non-hydrogen) atoms. The van der Waals surface area contributed by atoms with Crippen LogP contribution in [0.5, 0.6) is 0 Å². The van der Waals surface area contributed by atoms with Crippen molar-refractivity contribution < 1.29 is 14.3 Å². The van der Waals surface area contributed by atoms with Crippen molar-refractivity contribution in [3.8, 4) is 0 Å². The molecule has 0 aromatic heterocycles. The molecule has 3 heteroatoms. The van der Waals surface area contributed by atoms with Gasteiger partial charge in [0.15, 0.2) is 6.29 Å². The second-order valence-corrected chi connectivity index (χ2v) is 11.5. The molecule has 5 rings (SSSR count). The van der Waals surface area contributed by atoms with Crippen LogP contribution >= 0.6 is 0 Å². The van der Waals surface area contributed by atoms with Crippen LogP contribution in [0.2, 0.25) is 0 Å². The van der Waals surface area contributed by atoms with E-state index in [1.54, 1.807) is 0 Å². The lowest BCUT2D eigenvalue weighted by Crippen LogP contribution is -2.55. The summed E-state index contributed by atoms with van der Waals surface area (Å²) >= 11 is 0. The van der Waals surface area contributed by atoms with E-state index in [0.29, 0.717) is 28.6 Å². The minimum Gasteiger partial charge on any atom is -0.353 e. The van der Waals surface area contributed by atoms with Crippen molar-refractivity contribution >= 4 is 5.78 Å². The van der Waals surface area contributed by atoms with Gasteiger partial charge in [0.25, 0.3) is 0 Å². The van der Waals surface area contributed by atoms with Crippen molar-refractivity contribution in [1.82, 2.24) is 0 Å². The summed E-state index contributed by atoms with van der Waals surface area (Å²) in [5.41, 5.74) is 0.726. The Bertz CT molecular complexity index is 611. The van der Waals surface area contributed by atoms with Gasteiger partial charge in [0.1, 0.15) is 5.78 Å². The Kier molecular flexibility index (Phi) is 4.94. The average Bonchev–Trinajstić information content (AvgIpc) is 3.00. The quantitative estimate of drug-likeness (QED) is 0.603. The van der Waals surface area contributed by atoms with E-state index in [4.69, 9.17) is 9.47 Å². The minimum atomic E-state index is 0.0468. The van der Waals surface area contributed by atoms with E-state index in [-0.39, 0.29) is 12.2 Å². The molecule has 0 aromatic rings. The first-order chi connectivity index (χ1) is 13.4. The largest absolute Gasteiger partial charge is 0.353 e. The van der Waals surface area contributed by atoms with E-state index in [2.05, 4.69) is 20.8 Å². The Hall–Kier alpha value is -0.410. The Balaban J connectivity index is 1.34. The maximum absolute atomic E-state index is 12.4. The van der Waals surface area contributed by atoms with Crippen LogP contribution in [0.3, 0.4) is 0 Å². The molecular weight excluding hydrogens is 348 g/mol. The number of Topliss-reactive ketones (excluding diaryl/α,β-unsaturated/α-hetero) is 1. The summed E-state index contributed by atoms with van der Waals surface area (Å²) in [5, 5.41) is 0. The lowest BCUT2D eigenvalue weighted by Gasteiger charge is -2.60. The number of hydrogen-bond donors (Lipinski definition) is 0. The Morgan fingerprint density at radius 1 is 0.964 bits per heavy atom. The van der Waals surface area contributed by atoms with Crippen LogP contribution in [0.15, 0.2) is 0 Å².